The van der Waals surface area contributed by atoms with Gasteiger partial charge >= 0.3 is 5.97 Å². The second-order valence-corrected chi connectivity index (χ2v) is 9.83. The van der Waals surface area contributed by atoms with Gasteiger partial charge in [0.25, 0.3) is 5.69 Å². The number of nitro benzene ring substituents is 1. The molecule has 0 amide bonds. The Labute approximate surface area is 228 Å². The molecule has 0 fully saturated rings. The van der Waals surface area contributed by atoms with E-state index in [1.807, 2.05) is 30.3 Å². The van der Waals surface area contributed by atoms with Crippen molar-refractivity contribution in [2.24, 2.45) is 4.99 Å². The average Bonchev–Trinajstić information content (AvgIpc) is 3.19. The highest BCUT2D eigenvalue weighted by atomic mass is 127. The highest BCUT2D eigenvalue weighted by Gasteiger charge is 2.26. The van der Waals surface area contributed by atoms with Crippen molar-refractivity contribution in [3.05, 3.63) is 99.8 Å². The Morgan fingerprint density at radius 3 is 2.60 bits per heavy atom. The van der Waals surface area contributed by atoms with Crippen LogP contribution >= 0.6 is 45.2 Å². The lowest BCUT2D eigenvalue weighted by molar-refractivity contribution is -0.385. The summed E-state index contributed by atoms with van der Waals surface area (Å²) in [5, 5.41) is 11.2. The van der Waals surface area contributed by atoms with E-state index in [-0.39, 0.29) is 17.3 Å². The second kappa shape index (κ2) is 10.7. The van der Waals surface area contributed by atoms with Crippen molar-refractivity contribution in [1.82, 2.24) is 0 Å². The van der Waals surface area contributed by atoms with Gasteiger partial charge in [-0.25, -0.2) is 9.79 Å². The molecule has 3 aromatic carbocycles. The number of methoxy groups -OCH3 is 1. The molecule has 0 N–H and O–H groups in total. The van der Waals surface area contributed by atoms with E-state index >= 15 is 0 Å². The Morgan fingerprint density at radius 2 is 1.89 bits per heavy atom. The van der Waals surface area contributed by atoms with Crippen LogP contribution in [-0.4, -0.2) is 23.9 Å². The van der Waals surface area contributed by atoms with Gasteiger partial charge in [0.05, 0.1) is 15.6 Å². The van der Waals surface area contributed by atoms with Crippen molar-refractivity contribution in [2.45, 2.75) is 13.5 Å². The number of esters is 1. The van der Waals surface area contributed by atoms with Crippen molar-refractivity contribution in [2.75, 3.05) is 7.11 Å². The van der Waals surface area contributed by atoms with E-state index in [1.165, 1.54) is 6.07 Å². The van der Waals surface area contributed by atoms with Gasteiger partial charge < -0.3 is 14.2 Å². The minimum absolute atomic E-state index is 0.0171. The fraction of sp³-hybridized carbons (Fsp3) is 0.120. The number of carbonyl (C=O) groups excluding carboxylic acids is 1. The van der Waals surface area contributed by atoms with Gasteiger partial charge in [-0.1, -0.05) is 24.3 Å². The molecule has 0 aromatic heterocycles. The van der Waals surface area contributed by atoms with Crippen LogP contribution in [0.5, 0.6) is 11.5 Å². The first-order valence-corrected chi connectivity index (χ1v) is 12.4. The van der Waals surface area contributed by atoms with Crippen molar-refractivity contribution in [1.29, 1.82) is 0 Å². The number of benzene rings is 3. The fourth-order valence-electron chi connectivity index (χ4n) is 3.36. The van der Waals surface area contributed by atoms with Crippen LogP contribution in [0, 0.1) is 24.2 Å². The van der Waals surface area contributed by atoms with E-state index in [4.69, 9.17) is 14.2 Å². The first-order valence-electron chi connectivity index (χ1n) is 10.3. The van der Waals surface area contributed by atoms with Gasteiger partial charge in [0, 0.05) is 26.3 Å². The number of hydrogen-bond donors (Lipinski definition) is 0. The Kier molecular flexibility index (Phi) is 7.69. The number of nitrogens with zero attached hydrogens (tertiary/aromatic N) is 2. The molecule has 0 saturated carbocycles. The quantitative estimate of drug-likeness (QED) is 0.0982. The maximum Gasteiger partial charge on any atom is 0.363 e. The van der Waals surface area contributed by atoms with Crippen LogP contribution in [0.15, 0.2) is 65.3 Å². The standard InChI is InChI=1S/C25H18I2N2O6/c1-14-7-8-16(12-21(14)29(31)32)24-28-20(25(30)35-24)10-15-9-19(27)23(22(11-15)33-2)34-13-17-5-3-4-6-18(17)26/h3-12H,13H2,1-2H3/b20-10-. The minimum atomic E-state index is -0.642. The predicted octanol–water partition coefficient (Wildman–Crippen LogP) is 6.04. The smallest absolute Gasteiger partial charge is 0.363 e. The van der Waals surface area contributed by atoms with Crippen molar-refractivity contribution >= 4 is 68.8 Å². The van der Waals surface area contributed by atoms with Gasteiger partial charge in [-0.15, -0.1) is 0 Å². The van der Waals surface area contributed by atoms with Crippen LogP contribution in [0.25, 0.3) is 6.08 Å². The number of ether oxygens (including phenoxy) is 3. The van der Waals surface area contributed by atoms with E-state index in [1.54, 1.807) is 38.3 Å². The van der Waals surface area contributed by atoms with Crippen molar-refractivity contribution in [3.63, 3.8) is 0 Å². The largest absolute Gasteiger partial charge is 0.493 e. The molecule has 0 spiro atoms. The summed E-state index contributed by atoms with van der Waals surface area (Å²) >= 11 is 4.42. The molecule has 3 aromatic rings. The van der Waals surface area contributed by atoms with Crippen LogP contribution < -0.4 is 9.47 Å². The predicted molar refractivity (Wildman–Crippen MR) is 148 cm³/mol. The summed E-state index contributed by atoms with van der Waals surface area (Å²) in [6, 6.07) is 16.1. The van der Waals surface area contributed by atoms with E-state index in [0.29, 0.717) is 34.8 Å². The van der Waals surface area contributed by atoms with Crippen molar-refractivity contribution in [3.8, 4) is 11.5 Å². The molecule has 0 bridgehead atoms. The van der Waals surface area contributed by atoms with Gasteiger partial charge in [-0.05, 0) is 88.0 Å². The molecule has 10 heteroatoms. The molecule has 0 atom stereocenters. The monoisotopic (exact) mass is 696 g/mol. The summed E-state index contributed by atoms with van der Waals surface area (Å²) in [5.41, 5.74) is 2.59. The minimum Gasteiger partial charge on any atom is -0.493 e. The molecule has 0 radical (unpaired) electrons. The van der Waals surface area contributed by atoms with Gasteiger partial charge in [0.1, 0.15) is 6.61 Å². The van der Waals surface area contributed by atoms with E-state index in [2.05, 4.69) is 50.2 Å². The normalized spacial score (nSPS) is 14.0. The van der Waals surface area contributed by atoms with Crippen LogP contribution in [-0.2, 0) is 16.1 Å². The maximum absolute atomic E-state index is 12.4. The van der Waals surface area contributed by atoms with Crippen molar-refractivity contribution < 1.29 is 23.9 Å². The molecule has 1 aliphatic heterocycles. The molecular formula is C25H18I2N2O6. The Hall–Kier alpha value is -3.00. The first kappa shape index (κ1) is 25.1. The average molecular weight is 696 g/mol. The SMILES string of the molecule is COc1cc(/C=C2\N=C(c3ccc(C)c([N+](=O)[O-])c3)OC2=O)cc(I)c1OCc1ccccc1I. The molecule has 35 heavy (non-hydrogen) atoms. The molecule has 1 heterocycles. The molecule has 4 rings (SSSR count). The van der Waals surface area contributed by atoms with Gasteiger partial charge in [0.15, 0.2) is 17.2 Å². The molecule has 8 nitrogen and oxygen atoms in total. The zero-order valence-electron chi connectivity index (χ0n) is 18.6. The Bertz CT molecular complexity index is 1400. The number of aliphatic imine (C=N–C) groups is 1. The summed E-state index contributed by atoms with van der Waals surface area (Å²) < 4.78 is 18.8. The topological polar surface area (TPSA) is 100 Å². The maximum atomic E-state index is 12.4. The zero-order chi connectivity index (χ0) is 25.1. The summed E-state index contributed by atoms with van der Waals surface area (Å²) in [4.78, 5) is 27.5. The summed E-state index contributed by atoms with van der Waals surface area (Å²) in [5.74, 6) is 0.485. The third-order valence-corrected chi connectivity index (χ3v) is 7.01. The number of hydrogen-bond acceptors (Lipinski definition) is 7. The summed E-state index contributed by atoms with van der Waals surface area (Å²) in [7, 11) is 1.55. The third kappa shape index (κ3) is 5.64. The highest BCUT2D eigenvalue weighted by molar-refractivity contribution is 14.1. The number of rotatable bonds is 7. The molecule has 178 valence electrons. The van der Waals surface area contributed by atoms with Gasteiger partial charge in [0.2, 0.25) is 5.90 Å². The lowest BCUT2D eigenvalue weighted by atomic mass is 10.1. The number of halogens is 2. The van der Waals surface area contributed by atoms with Crippen LogP contribution in [0.4, 0.5) is 5.69 Å². The molecular weight excluding hydrogens is 678 g/mol. The zero-order valence-corrected chi connectivity index (χ0v) is 22.9. The molecule has 1 aliphatic rings. The van der Waals surface area contributed by atoms with E-state index in [9.17, 15) is 14.9 Å². The Balaban J connectivity index is 1.61. The number of aryl methyl sites for hydroxylation is 1. The summed E-state index contributed by atoms with van der Waals surface area (Å²) in [6.07, 6.45) is 1.58. The number of nitro groups is 1. The van der Waals surface area contributed by atoms with E-state index < -0.39 is 10.9 Å². The fourth-order valence-corrected chi connectivity index (χ4v) is 4.68. The van der Waals surface area contributed by atoms with Gasteiger partial charge in [-0.2, -0.15) is 0 Å². The third-order valence-electron chi connectivity index (χ3n) is 5.16. The lowest BCUT2D eigenvalue weighted by Gasteiger charge is -2.14. The van der Waals surface area contributed by atoms with Gasteiger partial charge in [-0.3, -0.25) is 10.1 Å². The van der Waals surface area contributed by atoms with Crippen LogP contribution in [0.2, 0.25) is 0 Å². The molecule has 0 saturated heterocycles. The molecule has 0 unspecified atom stereocenters. The number of cyclic esters (lactones) is 1. The van der Waals surface area contributed by atoms with Crippen LogP contribution in [0.3, 0.4) is 0 Å². The molecule has 0 aliphatic carbocycles. The second-order valence-electron chi connectivity index (χ2n) is 7.51. The number of carbonyl (C=O) groups is 1. The lowest BCUT2D eigenvalue weighted by Crippen LogP contribution is -2.06. The van der Waals surface area contributed by atoms with Crippen LogP contribution in [0.1, 0.15) is 22.3 Å². The van der Waals surface area contributed by atoms with E-state index in [0.717, 1.165) is 12.7 Å². The Morgan fingerprint density at radius 1 is 1.11 bits per heavy atom. The summed E-state index contributed by atoms with van der Waals surface area (Å²) in [6.45, 7) is 2.02. The first-order chi connectivity index (χ1) is 16.8. The highest BCUT2D eigenvalue weighted by Crippen LogP contribution is 2.36.